The van der Waals surface area contributed by atoms with Gasteiger partial charge in [0.25, 0.3) is 5.91 Å². The van der Waals surface area contributed by atoms with Gasteiger partial charge in [-0.3, -0.25) is 14.6 Å². The number of nitrogens with one attached hydrogen (secondary N) is 1. The zero-order valence-electron chi connectivity index (χ0n) is 16.6. The van der Waals surface area contributed by atoms with Gasteiger partial charge in [0.2, 0.25) is 11.8 Å². The van der Waals surface area contributed by atoms with Crippen LogP contribution in [0.25, 0.3) is 0 Å². The highest BCUT2D eigenvalue weighted by molar-refractivity contribution is 5.94. The van der Waals surface area contributed by atoms with Crippen LogP contribution in [0, 0.1) is 0 Å². The fourth-order valence-electron chi connectivity index (χ4n) is 3.08. The first-order valence-corrected chi connectivity index (χ1v) is 9.64. The van der Waals surface area contributed by atoms with Crippen LogP contribution in [-0.2, 0) is 16.6 Å². The average molecular weight is 385 g/mol. The number of rotatable bonds is 5. The van der Waals surface area contributed by atoms with Gasteiger partial charge in [-0.2, -0.15) is 4.98 Å². The largest absolute Gasteiger partial charge is 0.349 e. The molecule has 1 fully saturated rings. The van der Waals surface area contributed by atoms with Crippen LogP contribution in [0.5, 0.6) is 0 Å². The third-order valence-corrected chi connectivity index (χ3v) is 4.82. The molecule has 1 aliphatic rings. The van der Waals surface area contributed by atoms with E-state index in [0.29, 0.717) is 43.2 Å². The Morgan fingerprint density at radius 1 is 1.21 bits per heavy atom. The van der Waals surface area contributed by atoms with Gasteiger partial charge >= 0.3 is 0 Å². The molecule has 2 amide bonds. The van der Waals surface area contributed by atoms with Gasteiger partial charge < -0.3 is 14.7 Å². The lowest BCUT2D eigenvalue weighted by atomic mass is 9.96. The van der Waals surface area contributed by atoms with Crippen LogP contribution in [0.15, 0.2) is 29.0 Å². The Labute approximate surface area is 164 Å². The van der Waals surface area contributed by atoms with Gasteiger partial charge in [-0.25, -0.2) is 0 Å². The monoisotopic (exact) mass is 385 g/mol. The summed E-state index contributed by atoms with van der Waals surface area (Å²) < 4.78 is 5.25. The standard InChI is InChI=1S/C20H27N5O3/c1-20(2,3)19-23-16(28-24-19)4-5-17(26)25-12-8-15(9-13-25)22-18(27)14-6-10-21-11-7-14/h6-7,10-11,15H,4-5,8-9,12-13H2,1-3H3,(H,22,27). The summed E-state index contributed by atoms with van der Waals surface area (Å²) in [7, 11) is 0. The first-order chi connectivity index (χ1) is 13.3. The Morgan fingerprint density at radius 3 is 2.50 bits per heavy atom. The maximum absolute atomic E-state index is 12.5. The number of hydrogen-bond donors (Lipinski definition) is 1. The summed E-state index contributed by atoms with van der Waals surface area (Å²) in [6.07, 6.45) is 5.49. The first kappa shape index (κ1) is 20.0. The molecule has 2 aromatic rings. The van der Waals surface area contributed by atoms with Gasteiger partial charge in [0.15, 0.2) is 5.82 Å². The van der Waals surface area contributed by atoms with Crippen molar-refractivity contribution in [1.29, 1.82) is 0 Å². The number of amides is 2. The molecule has 0 aromatic carbocycles. The van der Waals surface area contributed by atoms with Crippen molar-refractivity contribution in [1.82, 2.24) is 25.3 Å². The molecule has 0 unspecified atom stereocenters. The van der Waals surface area contributed by atoms with E-state index in [1.807, 2.05) is 25.7 Å². The van der Waals surface area contributed by atoms with Crippen molar-refractivity contribution in [3.05, 3.63) is 41.8 Å². The van der Waals surface area contributed by atoms with Gasteiger partial charge in [-0.05, 0) is 25.0 Å². The smallest absolute Gasteiger partial charge is 0.251 e. The summed E-state index contributed by atoms with van der Waals surface area (Å²) in [6, 6.07) is 3.46. The predicted octanol–water partition coefficient (Wildman–Crippen LogP) is 2.12. The normalized spacial score (nSPS) is 15.5. The number of hydrogen-bond acceptors (Lipinski definition) is 6. The summed E-state index contributed by atoms with van der Waals surface area (Å²) in [6.45, 7) is 7.33. The van der Waals surface area contributed by atoms with E-state index >= 15 is 0 Å². The molecule has 0 aliphatic carbocycles. The molecule has 28 heavy (non-hydrogen) atoms. The molecule has 3 rings (SSSR count). The Bertz CT molecular complexity index is 805. The lowest BCUT2D eigenvalue weighted by Gasteiger charge is -2.32. The molecule has 0 bridgehead atoms. The number of aryl methyl sites for hydroxylation is 1. The molecule has 8 nitrogen and oxygen atoms in total. The van der Waals surface area contributed by atoms with E-state index in [-0.39, 0.29) is 23.3 Å². The number of aromatic nitrogens is 3. The summed E-state index contributed by atoms with van der Waals surface area (Å²) in [5, 5.41) is 7.02. The molecule has 0 spiro atoms. The first-order valence-electron chi connectivity index (χ1n) is 9.64. The van der Waals surface area contributed by atoms with Crippen molar-refractivity contribution in [2.24, 2.45) is 0 Å². The average Bonchev–Trinajstić information content (AvgIpc) is 3.17. The van der Waals surface area contributed by atoms with Gasteiger partial charge in [0.05, 0.1) is 0 Å². The minimum Gasteiger partial charge on any atom is -0.349 e. The molecule has 3 heterocycles. The molecule has 0 atom stereocenters. The van der Waals surface area contributed by atoms with Gasteiger partial charge in [-0.1, -0.05) is 25.9 Å². The number of pyridine rings is 1. The molecule has 1 saturated heterocycles. The molecule has 1 aliphatic heterocycles. The summed E-state index contributed by atoms with van der Waals surface area (Å²) in [5.41, 5.74) is 0.427. The minimum absolute atomic E-state index is 0.0782. The highest BCUT2D eigenvalue weighted by Crippen LogP contribution is 2.19. The van der Waals surface area contributed by atoms with E-state index in [1.165, 1.54) is 0 Å². The molecular weight excluding hydrogens is 358 g/mol. The van der Waals surface area contributed by atoms with Crippen LogP contribution in [0.3, 0.4) is 0 Å². The molecule has 8 heteroatoms. The molecular formula is C20H27N5O3. The van der Waals surface area contributed by atoms with Crippen LogP contribution in [0.4, 0.5) is 0 Å². The van der Waals surface area contributed by atoms with Crippen LogP contribution in [-0.4, -0.2) is 51.0 Å². The Kier molecular flexibility index (Phi) is 6.06. The fourth-order valence-corrected chi connectivity index (χ4v) is 3.08. The maximum atomic E-state index is 12.5. The van der Waals surface area contributed by atoms with E-state index in [2.05, 4.69) is 20.4 Å². The van der Waals surface area contributed by atoms with E-state index in [1.54, 1.807) is 24.5 Å². The van der Waals surface area contributed by atoms with E-state index in [0.717, 1.165) is 12.8 Å². The second kappa shape index (κ2) is 8.50. The number of nitrogens with zero attached hydrogens (tertiary/aromatic N) is 4. The number of carbonyl (C=O) groups excluding carboxylic acids is 2. The highest BCUT2D eigenvalue weighted by Gasteiger charge is 2.25. The van der Waals surface area contributed by atoms with Crippen molar-refractivity contribution in [3.8, 4) is 0 Å². The highest BCUT2D eigenvalue weighted by atomic mass is 16.5. The third kappa shape index (κ3) is 5.15. The maximum Gasteiger partial charge on any atom is 0.251 e. The van der Waals surface area contributed by atoms with Crippen molar-refractivity contribution < 1.29 is 14.1 Å². The Hall–Kier alpha value is -2.77. The Balaban J connectivity index is 1.42. The predicted molar refractivity (Wildman–Crippen MR) is 103 cm³/mol. The van der Waals surface area contributed by atoms with Crippen LogP contribution in [0.2, 0.25) is 0 Å². The summed E-state index contributed by atoms with van der Waals surface area (Å²) >= 11 is 0. The summed E-state index contributed by atoms with van der Waals surface area (Å²) in [4.78, 5) is 34.8. The van der Waals surface area contributed by atoms with Gasteiger partial charge in [-0.15, -0.1) is 0 Å². The van der Waals surface area contributed by atoms with Gasteiger partial charge in [0, 0.05) is 55.3 Å². The van der Waals surface area contributed by atoms with Crippen molar-refractivity contribution in [3.63, 3.8) is 0 Å². The number of likely N-dealkylation sites (tertiary alicyclic amines) is 1. The van der Waals surface area contributed by atoms with Crippen molar-refractivity contribution >= 4 is 11.8 Å². The SMILES string of the molecule is CC(C)(C)c1noc(CCC(=O)N2CCC(NC(=O)c3ccncc3)CC2)n1. The number of carbonyl (C=O) groups is 2. The lowest BCUT2D eigenvalue weighted by Crippen LogP contribution is -2.46. The van der Waals surface area contributed by atoms with E-state index < -0.39 is 0 Å². The lowest BCUT2D eigenvalue weighted by molar-refractivity contribution is -0.132. The Morgan fingerprint density at radius 2 is 1.89 bits per heavy atom. The molecule has 0 radical (unpaired) electrons. The quantitative estimate of drug-likeness (QED) is 0.846. The van der Waals surface area contributed by atoms with Crippen LogP contribution >= 0.6 is 0 Å². The van der Waals surface area contributed by atoms with E-state index in [4.69, 9.17) is 4.52 Å². The molecule has 0 saturated carbocycles. The topological polar surface area (TPSA) is 101 Å². The van der Waals surface area contributed by atoms with Crippen LogP contribution < -0.4 is 5.32 Å². The van der Waals surface area contributed by atoms with E-state index in [9.17, 15) is 9.59 Å². The zero-order valence-corrected chi connectivity index (χ0v) is 16.6. The number of piperidine rings is 1. The second-order valence-corrected chi connectivity index (χ2v) is 8.13. The molecule has 150 valence electrons. The third-order valence-electron chi connectivity index (χ3n) is 4.82. The zero-order chi connectivity index (χ0) is 20.1. The van der Waals surface area contributed by atoms with Crippen LogP contribution in [0.1, 0.15) is 62.1 Å². The molecule has 2 aromatic heterocycles. The van der Waals surface area contributed by atoms with Gasteiger partial charge in [0.1, 0.15) is 0 Å². The molecule has 1 N–H and O–H groups in total. The summed E-state index contributed by atoms with van der Waals surface area (Å²) in [5.74, 6) is 1.13. The van der Waals surface area contributed by atoms with Crippen molar-refractivity contribution in [2.45, 2.75) is 57.9 Å². The van der Waals surface area contributed by atoms with Crippen molar-refractivity contribution in [2.75, 3.05) is 13.1 Å². The fraction of sp³-hybridized carbons (Fsp3) is 0.550. The second-order valence-electron chi connectivity index (χ2n) is 8.13. The minimum atomic E-state index is -0.172.